The molecule has 2 heterocycles. The van der Waals surface area contributed by atoms with E-state index >= 15 is 0 Å². The summed E-state index contributed by atoms with van der Waals surface area (Å²) in [7, 11) is 1.50. The Bertz CT molecular complexity index is 1240. The molecule has 5 N–H and O–H groups in total. The largest absolute Gasteiger partial charge is 0.443 e. The third kappa shape index (κ3) is 6.03. The number of carbonyl (C=O) groups excluding carboxylic acids is 1. The summed E-state index contributed by atoms with van der Waals surface area (Å²) in [4.78, 5) is 22.9. The van der Waals surface area contributed by atoms with Crippen LogP contribution in [0, 0.1) is 5.82 Å². The number of ether oxygens (including phenoxy) is 1. The van der Waals surface area contributed by atoms with Crippen molar-refractivity contribution < 1.29 is 24.1 Å². The third-order valence-corrected chi connectivity index (χ3v) is 6.01. The van der Waals surface area contributed by atoms with Crippen molar-refractivity contribution in [1.82, 2.24) is 24.8 Å². The zero-order chi connectivity index (χ0) is 26.8. The van der Waals surface area contributed by atoms with Crippen LogP contribution < -0.4 is 11.1 Å². The summed E-state index contributed by atoms with van der Waals surface area (Å²) in [5.41, 5.74) is 5.96. The number of nitrogens with zero attached hydrogens (tertiary/aromatic N) is 4. The highest BCUT2D eigenvalue weighted by Gasteiger charge is 2.29. The van der Waals surface area contributed by atoms with Crippen molar-refractivity contribution in [2.24, 2.45) is 0 Å². The quantitative estimate of drug-likeness (QED) is 0.402. The number of carbonyl (C=O) groups is 1. The molecule has 0 spiro atoms. The molecule has 0 saturated heterocycles. The van der Waals surface area contributed by atoms with E-state index in [1.807, 2.05) is 13.8 Å². The number of hydrogen-bond acceptors (Lipinski definition) is 8. The highest BCUT2D eigenvalue weighted by atomic mass is 35.5. The Hall–Kier alpha value is -3.02. The number of aliphatic hydroxyl groups is 2. The maximum absolute atomic E-state index is 14.7. The first-order chi connectivity index (χ1) is 16.8. The van der Waals surface area contributed by atoms with Gasteiger partial charge in [0.05, 0.1) is 28.5 Å². The topological polar surface area (TPSA) is 148 Å². The molecule has 1 aliphatic rings. The Morgan fingerprint density at radius 3 is 2.58 bits per heavy atom. The van der Waals surface area contributed by atoms with E-state index in [4.69, 9.17) is 22.1 Å². The Labute approximate surface area is 213 Å². The van der Waals surface area contributed by atoms with Gasteiger partial charge in [0, 0.05) is 18.7 Å². The van der Waals surface area contributed by atoms with Crippen LogP contribution in [0.1, 0.15) is 58.8 Å². The SMILES string of the molecule is CC(C)n1c(C(C)(C)O)nc2c(F)cc(-c3nc(N)ncc3Cl)cc21.CNC(=O)OC1CCCC1O. The highest BCUT2D eigenvalue weighted by Crippen LogP contribution is 2.34. The number of alkyl carbamates (subject to hydrolysis) is 1. The highest BCUT2D eigenvalue weighted by molar-refractivity contribution is 6.33. The predicted octanol–water partition coefficient (Wildman–Crippen LogP) is 3.93. The molecule has 0 aliphatic heterocycles. The van der Waals surface area contributed by atoms with Gasteiger partial charge in [0.1, 0.15) is 23.0 Å². The smallest absolute Gasteiger partial charge is 0.407 e. The van der Waals surface area contributed by atoms with E-state index < -0.39 is 23.6 Å². The number of amides is 1. The second-order valence-corrected chi connectivity index (χ2v) is 9.81. The number of benzene rings is 1. The van der Waals surface area contributed by atoms with E-state index in [0.717, 1.165) is 19.3 Å². The first-order valence-electron chi connectivity index (χ1n) is 11.6. The summed E-state index contributed by atoms with van der Waals surface area (Å²) in [6.07, 6.45) is 2.60. The Morgan fingerprint density at radius 2 is 2.03 bits per heavy atom. The van der Waals surface area contributed by atoms with Gasteiger partial charge >= 0.3 is 6.09 Å². The van der Waals surface area contributed by atoms with Gasteiger partial charge in [0.25, 0.3) is 0 Å². The van der Waals surface area contributed by atoms with Gasteiger partial charge in [0.15, 0.2) is 5.82 Å². The number of fused-ring (bicyclic) bond motifs is 1. The molecule has 1 saturated carbocycles. The number of rotatable bonds is 4. The van der Waals surface area contributed by atoms with Crippen LogP contribution in [0.4, 0.5) is 15.1 Å². The summed E-state index contributed by atoms with van der Waals surface area (Å²) >= 11 is 6.15. The van der Waals surface area contributed by atoms with E-state index in [1.54, 1.807) is 24.5 Å². The van der Waals surface area contributed by atoms with Gasteiger partial charge in [-0.25, -0.2) is 24.1 Å². The van der Waals surface area contributed by atoms with Crippen LogP contribution in [0.25, 0.3) is 22.3 Å². The van der Waals surface area contributed by atoms with Gasteiger partial charge in [-0.1, -0.05) is 11.6 Å². The van der Waals surface area contributed by atoms with Crippen molar-refractivity contribution >= 4 is 34.7 Å². The van der Waals surface area contributed by atoms with Crippen molar-refractivity contribution in [3.05, 3.63) is 35.0 Å². The number of aromatic nitrogens is 4. The molecule has 3 aromatic rings. The van der Waals surface area contributed by atoms with E-state index in [0.29, 0.717) is 22.6 Å². The first kappa shape index (κ1) is 27.6. The lowest BCUT2D eigenvalue weighted by Crippen LogP contribution is -2.30. The number of nitrogens with one attached hydrogen (secondary N) is 1. The molecule has 2 aromatic heterocycles. The molecule has 196 valence electrons. The summed E-state index contributed by atoms with van der Waals surface area (Å²) < 4.78 is 21.4. The Morgan fingerprint density at radius 1 is 1.33 bits per heavy atom. The van der Waals surface area contributed by atoms with Gasteiger partial charge in [0.2, 0.25) is 5.95 Å². The van der Waals surface area contributed by atoms with Crippen LogP contribution in [-0.2, 0) is 10.3 Å². The number of halogens is 2. The zero-order valence-electron chi connectivity index (χ0n) is 20.9. The van der Waals surface area contributed by atoms with Gasteiger partial charge in [-0.2, -0.15) is 0 Å². The van der Waals surface area contributed by atoms with Crippen molar-refractivity contribution in [2.45, 2.75) is 70.8 Å². The fraction of sp³-hybridized carbons (Fsp3) is 0.500. The van der Waals surface area contributed by atoms with Crippen molar-refractivity contribution in [3.8, 4) is 11.3 Å². The molecular formula is C24H32ClFN6O4. The molecule has 1 fully saturated rings. The predicted molar refractivity (Wildman–Crippen MR) is 135 cm³/mol. The van der Waals surface area contributed by atoms with Crippen molar-refractivity contribution in [2.75, 3.05) is 12.8 Å². The minimum atomic E-state index is -1.22. The van der Waals surface area contributed by atoms with Crippen LogP contribution in [0.2, 0.25) is 5.02 Å². The number of nitrogens with two attached hydrogens (primary N) is 1. The number of imidazole rings is 1. The number of nitrogen functional groups attached to an aromatic ring is 1. The molecule has 0 bridgehead atoms. The molecule has 0 radical (unpaired) electrons. The monoisotopic (exact) mass is 522 g/mol. The fourth-order valence-electron chi connectivity index (χ4n) is 4.07. The minimum absolute atomic E-state index is 0.0352. The van der Waals surface area contributed by atoms with Crippen molar-refractivity contribution in [1.29, 1.82) is 0 Å². The van der Waals surface area contributed by atoms with Crippen LogP contribution in [0.5, 0.6) is 0 Å². The Kier molecular flexibility index (Phi) is 8.37. The molecule has 36 heavy (non-hydrogen) atoms. The standard InChI is InChI=1S/C17H19ClFN5O.C7H13NO3/c1-8(2)24-12-6-9(13-10(18)7-21-16(20)23-13)5-11(19)14(12)22-15(24)17(3,4)25;1-8-7(10)11-6-4-2-3-5(6)9/h5-8,25H,1-4H3,(H2,20,21,23);5-6,9H,2-4H2,1H3,(H,8,10). The lowest BCUT2D eigenvalue weighted by molar-refractivity contribution is 0.0232. The number of aliphatic hydroxyl groups excluding tert-OH is 1. The molecule has 2 unspecified atom stereocenters. The average molecular weight is 523 g/mol. The minimum Gasteiger partial charge on any atom is -0.443 e. The Balaban J connectivity index is 0.000000275. The number of anilines is 1. The zero-order valence-corrected chi connectivity index (χ0v) is 21.7. The van der Waals surface area contributed by atoms with E-state index in [2.05, 4.69) is 20.3 Å². The normalized spacial score (nSPS) is 17.7. The van der Waals surface area contributed by atoms with Gasteiger partial charge in [-0.05, 0) is 59.1 Å². The van der Waals surface area contributed by atoms with Crippen LogP contribution in [0.3, 0.4) is 0 Å². The second kappa shape index (κ2) is 10.9. The van der Waals surface area contributed by atoms with E-state index in [-0.39, 0.29) is 28.6 Å². The molecule has 10 nitrogen and oxygen atoms in total. The lowest BCUT2D eigenvalue weighted by Gasteiger charge is -2.21. The molecule has 12 heteroatoms. The maximum Gasteiger partial charge on any atom is 0.407 e. The molecular weight excluding hydrogens is 491 g/mol. The average Bonchev–Trinajstić information content (AvgIpc) is 3.39. The van der Waals surface area contributed by atoms with Gasteiger partial charge < -0.3 is 30.6 Å². The molecule has 1 amide bonds. The number of hydrogen-bond donors (Lipinski definition) is 4. The summed E-state index contributed by atoms with van der Waals surface area (Å²) in [6, 6.07) is 3.02. The molecule has 4 rings (SSSR count). The summed E-state index contributed by atoms with van der Waals surface area (Å²) in [5, 5.41) is 22.3. The molecule has 1 aliphatic carbocycles. The van der Waals surface area contributed by atoms with Crippen LogP contribution in [0.15, 0.2) is 18.3 Å². The van der Waals surface area contributed by atoms with Crippen LogP contribution >= 0.6 is 11.6 Å². The van der Waals surface area contributed by atoms with E-state index in [1.165, 1.54) is 19.3 Å². The fourth-order valence-corrected chi connectivity index (χ4v) is 4.27. The van der Waals surface area contributed by atoms with Crippen molar-refractivity contribution in [3.63, 3.8) is 0 Å². The molecule has 1 aromatic carbocycles. The van der Waals surface area contributed by atoms with Gasteiger partial charge in [-0.3, -0.25) is 0 Å². The lowest BCUT2D eigenvalue weighted by atomic mass is 10.1. The summed E-state index contributed by atoms with van der Waals surface area (Å²) in [5.74, 6) is -0.0815. The van der Waals surface area contributed by atoms with Gasteiger partial charge in [-0.15, -0.1) is 0 Å². The molecule has 2 atom stereocenters. The maximum atomic E-state index is 14.7. The first-order valence-corrected chi connectivity index (χ1v) is 12.0. The van der Waals surface area contributed by atoms with E-state index in [9.17, 15) is 19.4 Å². The second-order valence-electron chi connectivity index (χ2n) is 9.40. The summed E-state index contributed by atoms with van der Waals surface area (Å²) in [6.45, 7) is 7.12. The van der Waals surface area contributed by atoms with Crippen LogP contribution in [-0.4, -0.2) is 55.1 Å². The third-order valence-electron chi connectivity index (χ3n) is 5.73.